The molecule has 1 saturated heterocycles. The van der Waals surface area contributed by atoms with Crippen LogP contribution in [0.15, 0.2) is 66.7 Å². The number of hydrogen-bond donors (Lipinski definition) is 1. The molecule has 10 heteroatoms. The monoisotopic (exact) mass is 507 g/mol. The lowest BCUT2D eigenvalue weighted by Gasteiger charge is -2.22. The van der Waals surface area contributed by atoms with Gasteiger partial charge < -0.3 is 24.4 Å². The minimum absolute atomic E-state index is 0.0102. The van der Waals surface area contributed by atoms with Crippen LogP contribution in [0.3, 0.4) is 0 Å². The van der Waals surface area contributed by atoms with Crippen molar-refractivity contribution in [2.45, 2.75) is 19.0 Å². The van der Waals surface area contributed by atoms with E-state index >= 15 is 0 Å². The molecule has 1 aliphatic heterocycles. The molecule has 192 valence electrons. The zero-order chi connectivity index (χ0) is 26.5. The van der Waals surface area contributed by atoms with E-state index in [1.807, 2.05) is 0 Å². The minimum atomic E-state index is -1.09. The van der Waals surface area contributed by atoms with Gasteiger partial charge in [0.15, 0.2) is 0 Å². The second-order valence-corrected chi connectivity index (χ2v) is 8.28. The molecule has 0 unspecified atom stereocenters. The minimum Gasteiger partial charge on any atom is -0.497 e. The molecule has 0 spiro atoms. The van der Waals surface area contributed by atoms with Crippen molar-refractivity contribution in [2.75, 3.05) is 31.5 Å². The lowest BCUT2D eigenvalue weighted by molar-refractivity contribution is -0.124. The van der Waals surface area contributed by atoms with E-state index in [0.29, 0.717) is 34.2 Å². The van der Waals surface area contributed by atoms with Crippen molar-refractivity contribution in [1.82, 2.24) is 4.90 Å². The van der Waals surface area contributed by atoms with Crippen molar-refractivity contribution in [3.63, 3.8) is 0 Å². The maximum absolute atomic E-state index is 13.5. The molecule has 0 saturated carbocycles. The number of urea groups is 1. The molecule has 4 amide bonds. The largest absolute Gasteiger partial charge is 0.497 e. The van der Waals surface area contributed by atoms with Crippen LogP contribution in [0.5, 0.6) is 17.2 Å². The number of hydrogen-bond acceptors (Lipinski definition) is 6. The van der Waals surface area contributed by atoms with Gasteiger partial charge in [-0.3, -0.25) is 9.59 Å². The van der Waals surface area contributed by atoms with Gasteiger partial charge in [0, 0.05) is 36.5 Å². The van der Waals surface area contributed by atoms with Gasteiger partial charge in [0.1, 0.15) is 29.1 Å². The molecule has 0 radical (unpaired) electrons. The van der Waals surface area contributed by atoms with Gasteiger partial charge in [0.05, 0.1) is 33.4 Å². The lowest BCUT2D eigenvalue weighted by Crippen LogP contribution is -2.37. The SMILES string of the molecule is COc1cc(NC(=O)C[C@@H]2C(=O)N(c3cccc(OC)c3)C(=O)N2Cc2ccc(F)cc2)cc(OC)c1. The Morgan fingerprint density at radius 1 is 0.892 bits per heavy atom. The third kappa shape index (κ3) is 5.64. The number of imide groups is 1. The third-order valence-corrected chi connectivity index (χ3v) is 5.91. The number of nitrogens with one attached hydrogen (secondary N) is 1. The molecule has 0 bridgehead atoms. The molecule has 3 aromatic carbocycles. The Kier molecular flexibility index (Phi) is 7.57. The fourth-order valence-electron chi connectivity index (χ4n) is 4.05. The molecular formula is C27H26FN3O6. The van der Waals surface area contributed by atoms with Crippen LogP contribution >= 0.6 is 0 Å². The van der Waals surface area contributed by atoms with Crippen LogP contribution in [-0.4, -0.2) is 50.1 Å². The van der Waals surface area contributed by atoms with Crippen LogP contribution in [0, 0.1) is 5.82 Å². The summed E-state index contributed by atoms with van der Waals surface area (Å²) in [6.45, 7) is 0.0102. The maximum atomic E-state index is 13.5. The van der Waals surface area contributed by atoms with E-state index in [-0.39, 0.29) is 13.0 Å². The molecular weight excluding hydrogens is 481 g/mol. The number of carbonyl (C=O) groups excluding carboxylic acids is 3. The number of halogens is 1. The molecule has 4 rings (SSSR count). The zero-order valence-corrected chi connectivity index (χ0v) is 20.6. The van der Waals surface area contributed by atoms with E-state index in [1.165, 1.54) is 50.5 Å². The van der Waals surface area contributed by atoms with Crippen molar-refractivity contribution < 1.29 is 33.0 Å². The van der Waals surface area contributed by atoms with Crippen molar-refractivity contribution in [3.05, 3.63) is 78.1 Å². The Morgan fingerprint density at radius 2 is 1.54 bits per heavy atom. The summed E-state index contributed by atoms with van der Waals surface area (Å²) in [5.74, 6) is -0.0452. The quantitative estimate of drug-likeness (QED) is 0.436. The Hall–Kier alpha value is -4.60. The number of nitrogens with zero attached hydrogens (tertiary/aromatic N) is 2. The van der Waals surface area contributed by atoms with Gasteiger partial charge in [-0.25, -0.2) is 14.1 Å². The molecule has 1 fully saturated rings. The Balaban J connectivity index is 1.61. The summed E-state index contributed by atoms with van der Waals surface area (Å²) in [4.78, 5) is 42.3. The second-order valence-electron chi connectivity index (χ2n) is 8.28. The van der Waals surface area contributed by atoms with E-state index in [9.17, 15) is 18.8 Å². The molecule has 1 aliphatic rings. The molecule has 3 aromatic rings. The van der Waals surface area contributed by atoms with E-state index in [0.717, 1.165) is 4.90 Å². The van der Waals surface area contributed by atoms with Crippen molar-refractivity contribution in [3.8, 4) is 17.2 Å². The molecule has 1 atom stereocenters. The summed E-state index contributed by atoms with van der Waals surface area (Å²) in [6.07, 6.45) is -0.300. The van der Waals surface area contributed by atoms with E-state index < -0.39 is 29.7 Å². The average Bonchev–Trinajstić information content (AvgIpc) is 3.13. The third-order valence-electron chi connectivity index (χ3n) is 5.91. The number of methoxy groups -OCH3 is 3. The molecule has 0 aliphatic carbocycles. The van der Waals surface area contributed by atoms with Crippen molar-refractivity contribution >= 4 is 29.2 Å². The zero-order valence-electron chi connectivity index (χ0n) is 20.6. The Morgan fingerprint density at radius 3 is 2.16 bits per heavy atom. The van der Waals surface area contributed by atoms with Gasteiger partial charge in [-0.2, -0.15) is 0 Å². The fourth-order valence-corrected chi connectivity index (χ4v) is 4.05. The summed E-state index contributed by atoms with van der Waals surface area (Å²) >= 11 is 0. The standard InChI is InChI=1S/C27H26FN3O6/c1-35-21-6-4-5-20(13-21)31-26(33)24(30(27(31)34)16-17-7-9-18(28)10-8-17)15-25(32)29-19-11-22(36-2)14-23(12-19)37-3/h4-14,24H,15-16H2,1-3H3,(H,29,32)/t24-/m1/s1. The van der Waals surface area contributed by atoms with Crippen LogP contribution in [0.25, 0.3) is 0 Å². The smallest absolute Gasteiger partial charge is 0.332 e. The predicted molar refractivity (Wildman–Crippen MR) is 134 cm³/mol. The summed E-state index contributed by atoms with van der Waals surface area (Å²) in [5, 5.41) is 2.74. The van der Waals surface area contributed by atoms with Gasteiger partial charge in [-0.05, 0) is 29.8 Å². The van der Waals surface area contributed by atoms with E-state index in [1.54, 1.807) is 42.5 Å². The van der Waals surface area contributed by atoms with Gasteiger partial charge in [0.2, 0.25) is 5.91 Å². The van der Waals surface area contributed by atoms with Crippen molar-refractivity contribution in [2.24, 2.45) is 0 Å². The van der Waals surface area contributed by atoms with E-state index in [4.69, 9.17) is 14.2 Å². The number of benzene rings is 3. The first kappa shape index (κ1) is 25.5. The highest BCUT2D eigenvalue weighted by molar-refractivity contribution is 6.22. The topological polar surface area (TPSA) is 97.4 Å². The van der Waals surface area contributed by atoms with Crippen LogP contribution in [0.4, 0.5) is 20.6 Å². The second kappa shape index (κ2) is 11.0. The van der Waals surface area contributed by atoms with E-state index in [2.05, 4.69) is 5.32 Å². The highest BCUT2D eigenvalue weighted by Crippen LogP contribution is 2.31. The highest BCUT2D eigenvalue weighted by Gasteiger charge is 2.46. The van der Waals surface area contributed by atoms with Gasteiger partial charge in [0.25, 0.3) is 5.91 Å². The summed E-state index contributed by atoms with van der Waals surface area (Å²) < 4.78 is 29.1. The molecule has 1 N–H and O–H groups in total. The molecule has 0 aromatic heterocycles. The molecule has 9 nitrogen and oxygen atoms in total. The van der Waals surface area contributed by atoms with Crippen LogP contribution in [0.2, 0.25) is 0 Å². The number of carbonyl (C=O) groups is 3. The first-order valence-corrected chi connectivity index (χ1v) is 11.4. The molecule has 1 heterocycles. The average molecular weight is 508 g/mol. The van der Waals surface area contributed by atoms with Crippen LogP contribution in [-0.2, 0) is 16.1 Å². The van der Waals surface area contributed by atoms with Gasteiger partial charge in [-0.1, -0.05) is 18.2 Å². The van der Waals surface area contributed by atoms with Crippen molar-refractivity contribution in [1.29, 1.82) is 0 Å². The maximum Gasteiger partial charge on any atom is 0.332 e. The summed E-state index contributed by atoms with van der Waals surface area (Å²) in [5.41, 5.74) is 1.34. The van der Waals surface area contributed by atoms with Crippen LogP contribution in [0.1, 0.15) is 12.0 Å². The first-order valence-electron chi connectivity index (χ1n) is 11.4. The Bertz CT molecular complexity index is 1290. The normalized spacial score (nSPS) is 15.1. The lowest BCUT2D eigenvalue weighted by atomic mass is 10.1. The number of rotatable bonds is 9. The highest BCUT2D eigenvalue weighted by atomic mass is 19.1. The summed E-state index contributed by atoms with van der Waals surface area (Å²) in [7, 11) is 4.46. The molecule has 37 heavy (non-hydrogen) atoms. The Labute approximate surface area is 213 Å². The number of ether oxygens (including phenoxy) is 3. The number of anilines is 2. The summed E-state index contributed by atoms with van der Waals surface area (Å²) in [6, 6.07) is 15.3. The first-order chi connectivity index (χ1) is 17.8. The predicted octanol–water partition coefficient (Wildman–Crippen LogP) is 4.22. The fraction of sp³-hybridized carbons (Fsp3) is 0.222. The van der Waals surface area contributed by atoms with Crippen LogP contribution < -0.4 is 24.4 Å². The number of amides is 4. The van der Waals surface area contributed by atoms with Gasteiger partial charge >= 0.3 is 6.03 Å². The van der Waals surface area contributed by atoms with Gasteiger partial charge in [-0.15, -0.1) is 0 Å².